The highest BCUT2D eigenvalue weighted by atomic mass is 32.2. The Bertz CT molecular complexity index is 254. The van der Waals surface area contributed by atoms with Crippen molar-refractivity contribution in [1.82, 2.24) is 5.32 Å². The van der Waals surface area contributed by atoms with Gasteiger partial charge >= 0.3 is 5.97 Å². The highest BCUT2D eigenvalue weighted by Crippen LogP contribution is 2.26. The van der Waals surface area contributed by atoms with Crippen LogP contribution in [0.4, 0.5) is 0 Å². The molecule has 0 radical (unpaired) electrons. The van der Waals surface area contributed by atoms with Gasteiger partial charge in [0.05, 0.1) is 6.61 Å². The Morgan fingerprint density at radius 2 is 2.18 bits per heavy atom. The van der Waals surface area contributed by atoms with E-state index in [1.807, 2.05) is 25.6 Å². The van der Waals surface area contributed by atoms with Crippen LogP contribution < -0.4 is 5.32 Å². The molecule has 0 amide bonds. The number of carbonyl (C=O) groups is 1. The third-order valence-electron chi connectivity index (χ3n) is 2.67. The normalized spacial score (nSPS) is 19.1. The van der Waals surface area contributed by atoms with Gasteiger partial charge in [0.15, 0.2) is 0 Å². The smallest absolute Gasteiger partial charge is 0.326 e. The van der Waals surface area contributed by atoms with Gasteiger partial charge < -0.3 is 4.74 Å². The number of ether oxygens (including phenoxy) is 1. The Morgan fingerprint density at radius 1 is 1.53 bits per heavy atom. The molecule has 4 heteroatoms. The standard InChI is InChI=1S/C13H25NO2S/c1-5-16-12(15)13(4,14-11-6-7-11)9-17-8-10(2)3/h10-11,14H,5-9H2,1-4H3. The summed E-state index contributed by atoms with van der Waals surface area (Å²) in [5.74, 6) is 2.43. The number of thioether (sulfide) groups is 1. The van der Waals surface area contributed by atoms with Gasteiger partial charge in [-0.2, -0.15) is 11.8 Å². The molecule has 1 aliphatic carbocycles. The van der Waals surface area contributed by atoms with Crippen molar-refractivity contribution in [1.29, 1.82) is 0 Å². The molecule has 0 aromatic rings. The fourth-order valence-corrected chi connectivity index (χ4v) is 2.83. The highest BCUT2D eigenvalue weighted by Gasteiger charge is 2.39. The second kappa shape index (κ2) is 6.64. The Balaban J connectivity index is 2.47. The molecule has 0 saturated heterocycles. The molecular weight excluding hydrogens is 234 g/mol. The van der Waals surface area contributed by atoms with Gasteiger partial charge in [-0.05, 0) is 38.4 Å². The molecule has 1 unspecified atom stereocenters. The molecule has 0 aromatic heterocycles. The fourth-order valence-electron chi connectivity index (χ4n) is 1.63. The molecule has 3 nitrogen and oxygen atoms in total. The molecule has 0 heterocycles. The molecule has 100 valence electrons. The lowest BCUT2D eigenvalue weighted by atomic mass is 10.1. The van der Waals surface area contributed by atoms with Crippen molar-refractivity contribution in [2.75, 3.05) is 18.1 Å². The summed E-state index contributed by atoms with van der Waals surface area (Å²) in [6, 6.07) is 0.518. The summed E-state index contributed by atoms with van der Waals surface area (Å²) in [4.78, 5) is 12.0. The molecule has 1 fully saturated rings. The first-order valence-corrected chi connectivity index (χ1v) is 7.66. The number of hydrogen-bond acceptors (Lipinski definition) is 4. The van der Waals surface area contributed by atoms with E-state index >= 15 is 0 Å². The first-order valence-electron chi connectivity index (χ1n) is 6.50. The van der Waals surface area contributed by atoms with Gasteiger partial charge in [-0.1, -0.05) is 13.8 Å². The van der Waals surface area contributed by atoms with Crippen LogP contribution in [0.5, 0.6) is 0 Å². The predicted octanol–water partition coefficient (Wildman–Crippen LogP) is 2.45. The van der Waals surface area contributed by atoms with Crippen molar-refractivity contribution < 1.29 is 9.53 Å². The van der Waals surface area contributed by atoms with E-state index in [2.05, 4.69) is 19.2 Å². The summed E-state index contributed by atoms with van der Waals surface area (Å²) in [6.07, 6.45) is 2.37. The van der Waals surface area contributed by atoms with Crippen LogP contribution in [0.1, 0.15) is 40.5 Å². The van der Waals surface area contributed by atoms with E-state index in [0.29, 0.717) is 18.6 Å². The summed E-state index contributed by atoms with van der Waals surface area (Å²) >= 11 is 1.83. The van der Waals surface area contributed by atoms with Crippen LogP contribution in [0.15, 0.2) is 0 Å². The number of nitrogens with one attached hydrogen (secondary N) is 1. The van der Waals surface area contributed by atoms with E-state index in [-0.39, 0.29) is 5.97 Å². The van der Waals surface area contributed by atoms with Crippen LogP contribution in [-0.4, -0.2) is 35.7 Å². The molecule has 0 aromatic carbocycles. The summed E-state index contributed by atoms with van der Waals surface area (Å²) in [5.41, 5.74) is -0.517. The van der Waals surface area contributed by atoms with Crippen molar-refractivity contribution >= 4 is 17.7 Å². The summed E-state index contributed by atoms with van der Waals surface area (Å²) < 4.78 is 5.18. The van der Waals surface area contributed by atoms with Gasteiger partial charge in [0, 0.05) is 11.8 Å². The zero-order valence-corrected chi connectivity index (χ0v) is 12.2. The number of hydrogen-bond donors (Lipinski definition) is 1. The zero-order chi connectivity index (χ0) is 12.9. The Hall–Kier alpha value is -0.220. The SMILES string of the molecule is CCOC(=O)C(C)(CSCC(C)C)NC1CC1. The van der Waals surface area contributed by atoms with Crippen molar-refractivity contribution in [3.63, 3.8) is 0 Å². The molecule has 1 N–H and O–H groups in total. The minimum atomic E-state index is -0.517. The molecule has 17 heavy (non-hydrogen) atoms. The van der Waals surface area contributed by atoms with Crippen molar-refractivity contribution in [3.05, 3.63) is 0 Å². The van der Waals surface area contributed by atoms with E-state index in [9.17, 15) is 4.79 Å². The van der Waals surface area contributed by atoms with Crippen LogP contribution in [0, 0.1) is 5.92 Å². The second-order valence-electron chi connectivity index (χ2n) is 5.38. The molecule has 0 spiro atoms. The summed E-state index contributed by atoms with van der Waals surface area (Å²) in [5, 5.41) is 3.43. The van der Waals surface area contributed by atoms with Gasteiger partial charge in [0.25, 0.3) is 0 Å². The average molecular weight is 259 g/mol. The Morgan fingerprint density at radius 3 is 2.65 bits per heavy atom. The third-order valence-corrected chi connectivity index (χ3v) is 4.35. The lowest BCUT2D eigenvalue weighted by Crippen LogP contribution is -2.53. The molecule has 0 aliphatic heterocycles. The third kappa shape index (κ3) is 5.30. The number of esters is 1. The van der Waals surface area contributed by atoms with E-state index in [0.717, 1.165) is 11.5 Å². The minimum Gasteiger partial charge on any atom is -0.465 e. The maximum atomic E-state index is 12.0. The number of rotatable bonds is 8. The van der Waals surface area contributed by atoms with Crippen LogP contribution in [0.3, 0.4) is 0 Å². The van der Waals surface area contributed by atoms with Crippen LogP contribution in [0.2, 0.25) is 0 Å². The van der Waals surface area contributed by atoms with Gasteiger partial charge in [-0.3, -0.25) is 10.1 Å². The van der Waals surface area contributed by atoms with Gasteiger partial charge in [-0.15, -0.1) is 0 Å². The molecular formula is C13H25NO2S. The minimum absolute atomic E-state index is 0.108. The molecule has 1 rings (SSSR count). The Labute approximate surface area is 109 Å². The fraction of sp³-hybridized carbons (Fsp3) is 0.923. The largest absolute Gasteiger partial charge is 0.465 e. The molecule has 1 aliphatic rings. The quantitative estimate of drug-likeness (QED) is 0.680. The monoisotopic (exact) mass is 259 g/mol. The zero-order valence-electron chi connectivity index (χ0n) is 11.4. The molecule has 0 bridgehead atoms. The maximum Gasteiger partial charge on any atom is 0.326 e. The molecule has 1 atom stereocenters. The van der Waals surface area contributed by atoms with Gasteiger partial charge in [0.1, 0.15) is 5.54 Å². The highest BCUT2D eigenvalue weighted by molar-refractivity contribution is 7.99. The van der Waals surface area contributed by atoms with E-state index in [1.54, 1.807) is 0 Å². The molecule has 1 saturated carbocycles. The first kappa shape index (κ1) is 14.8. The van der Waals surface area contributed by atoms with Crippen molar-refractivity contribution in [2.24, 2.45) is 5.92 Å². The van der Waals surface area contributed by atoms with E-state index in [1.165, 1.54) is 12.8 Å². The van der Waals surface area contributed by atoms with Crippen LogP contribution in [-0.2, 0) is 9.53 Å². The number of carbonyl (C=O) groups excluding carboxylic acids is 1. The summed E-state index contributed by atoms with van der Waals surface area (Å²) in [6.45, 7) is 8.68. The van der Waals surface area contributed by atoms with E-state index in [4.69, 9.17) is 4.74 Å². The van der Waals surface area contributed by atoms with Gasteiger partial charge in [0.2, 0.25) is 0 Å². The first-order chi connectivity index (χ1) is 7.98. The lowest BCUT2D eigenvalue weighted by molar-refractivity contribution is -0.149. The predicted molar refractivity (Wildman–Crippen MR) is 73.4 cm³/mol. The maximum absolute atomic E-state index is 12.0. The lowest BCUT2D eigenvalue weighted by Gasteiger charge is -2.28. The second-order valence-corrected chi connectivity index (χ2v) is 6.41. The van der Waals surface area contributed by atoms with Crippen LogP contribution >= 0.6 is 11.8 Å². The summed E-state index contributed by atoms with van der Waals surface area (Å²) in [7, 11) is 0. The Kier molecular flexibility index (Phi) is 5.80. The average Bonchev–Trinajstić information content (AvgIpc) is 3.01. The van der Waals surface area contributed by atoms with Gasteiger partial charge in [-0.25, -0.2) is 0 Å². The van der Waals surface area contributed by atoms with Crippen molar-refractivity contribution in [3.8, 4) is 0 Å². The van der Waals surface area contributed by atoms with E-state index < -0.39 is 5.54 Å². The van der Waals surface area contributed by atoms with Crippen molar-refractivity contribution in [2.45, 2.75) is 52.1 Å². The topological polar surface area (TPSA) is 38.3 Å². The van der Waals surface area contributed by atoms with Crippen LogP contribution in [0.25, 0.3) is 0 Å².